The van der Waals surface area contributed by atoms with Gasteiger partial charge in [0.2, 0.25) is 5.91 Å². The zero-order valence-electron chi connectivity index (χ0n) is 26.5. The highest BCUT2D eigenvalue weighted by Gasteiger charge is 2.31. The highest BCUT2D eigenvalue weighted by Crippen LogP contribution is 2.41. The Morgan fingerprint density at radius 3 is 2.62 bits per heavy atom. The van der Waals surface area contributed by atoms with E-state index in [0.717, 1.165) is 90.5 Å². The number of amides is 1. The predicted molar refractivity (Wildman–Crippen MR) is 175 cm³/mol. The van der Waals surface area contributed by atoms with E-state index < -0.39 is 0 Å². The van der Waals surface area contributed by atoms with Crippen molar-refractivity contribution < 1.29 is 9.53 Å². The summed E-state index contributed by atoms with van der Waals surface area (Å²) in [6, 6.07) is 17.1. The molecule has 0 bridgehead atoms. The zero-order chi connectivity index (χ0) is 31.1. The number of nitrogens with one attached hydrogen (secondary N) is 1. The number of aromatic nitrogens is 6. The fraction of sp³-hybridized carbons (Fsp3) is 0.441. The van der Waals surface area contributed by atoms with Crippen LogP contribution >= 0.6 is 0 Å². The average molecular weight is 608 g/mol. The molecule has 2 aliphatic heterocycles. The third kappa shape index (κ3) is 5.44. The molecule has 2 aliphatic rings. The SMILES string of the molecule is Cc1nnn(C)c1-c1cnc2c3ccc(NCCN4CCN(C)C(=O)C4C)nc3n(C(c3ccccc3)C3CCOCC3)c2c1. The first-order chi connectivity index (χ1) is 21.9. The molecule has 1 aromatic carbocycles. The number of pyridine rings is 2. The minimum absolute atomic E-state index is 0.0536. The summed E-state index contributed by atoms with van der Waals surface area (Å²) in [4.78, 5) is 26.9. The van der Waals surface area contributed by atoms with Gasteiger partial charge < -0.3 is 19.5 Å². The number of carbonyl (C=O) groups is 1. The lowest BCUT2D eigenvalue weighted by Gasteiger charge is -2.37. The Labute approximate surface area is 263 Å². The van der Waals surface area contributed by atoms with Gasteiger partial charge in [-0.05, 0) is 56.4 Å². The van der Waals surface area contributed by atoms with E-state index in [1.54, 1.807) is 0 Å². The van der Waals surface area contributed by atoms with Crippen molar-refractivity contribution in [2.75, 3.05) is 51.8 Å². The lowest BCUT2D eigenvalue weighted by Crippen LogP contribution is -2.55. The zero-order valence-corrected chi connectivity index (χ0v) is 26.5. The van der Waals surface area contributed by atoms with Gasteiger partial charge in [-0.2, -0.15) is 0 Å². The summed E-state index contributed by atoms with van der Waals surface area (Å²) in [5, 5.41) is 13.1. The highest BCUT2D eigenvalue weighted by atomic mass is 16.5. The molecule has 0 saturated carbocycles. The molecular formula is C34H41N9O2. The van der Waals surface area contributed by atoms with Gasteiger partial charge in [-0.25, -0.2) is 9.67 Å². The van der Waals surface area contributed by atoms with Crippen molar-refractivity contribution in [2.45, 2.75) is 38.8 Å². The number of rotatable bonds is 8. The Bertz CT molecular complexity index is 1810. The number of nitrogens with zero attached hydrogens (tertiary/aromatic N) is 8. The van der Waals surface area contributed by atoms with E-state index in [9.17, 15) is 4.79 Å². The van der Waals surface area contributed by atoms with Crippen molar-refractivity contribution in [3.8, 4) is 11.3 Å². The smallest absolute Gasteiger partial charge is 0.239 e. The molecule has 2 atom stereocenters. The minimum Gasteiger partial charge on any atom is -0.381 e. The molecule has 45 heavy (non-hydrogen) atoms. The van der Waals surface area contributed by atoms with E-state index in [1.807, 2.05) is 49.8 Å². The van der Waals surface area contributed by atoms with Gasteiger partial charge in [-0.3, -0.25) is 14.7 Å². The summed E-state index contributed by atoms with van der Waals surface area (Å²) >= 11 is 0. The molecule has 1 N–H and O–H groups in total. The van der Waals surface area contributed by atoms with Crippen LogP contribution in [0, 0.1) is 12.8 Å². The number of hydrogen-bond donors (Lipinski definition) is 1. The molecule has 4 aromatic heterocycles. The van der Waals surface area contributed by atoms with Crippen molar-refractivity contribution in [1.29, 1.82) is 0 Å². The van der Waals surface area contributed by atoms with Gasteiger partial charge in [0, 0.05) is 70.6 Å². The number of fused-ring (bicyclic) bond motifs is 3. The maximum atomic E-state index is 12.5. The van der Waals surface area contributed by atoms with Crippen LogP contribution in [0.4, 0.5) is 5.82 Å². The maximum Gasteiger partial charge on any atom is 0.239 e. The van der Waals surface area contributed by atoms with Crippen molar-refractivity contribution in [1.82, 2.24) is 39.3 Å². The van der Waals surface area contributed by atoms with Crippen molar-refractivity contribution >= 4 is 33.8 Å². The van der Waals surface area contributed by atoms with Gasteiger partial charge in [0.15, 0.2) is 0 Å². The van der Waals surface area contributed by atoms with Gasteiger partial charge in [0.1, 0.15) is 11.5 Å². The summed E-state index contributed by atoms with van der Waals surface area (Å²) in [6.07, 6.45) is 3.87. The monoisotopic (exact) mass is 607 g/mol. The second kappa shape index (κ2) is 12.2. The van der Waals surface area contributed by atoms with Gasteiger partial charge >= 0.3 is 0 Å². The van der Waals surface area contributed by atoms with E-state index in [0.29, 0.717) is 12.5 Å². The van der Waals surface area contributed by atoms with Crippen LogP contribution in [-0.4, -0.2) is 97.7 Å². The molecule has 2 unspecified atom stereocenters. The molecule has 11 heteroatoms. The van der Waals surface area contributed by atoms with E-state index in [4.69, 9.17) is 14.7 Å². The van der Waals surface area contributed by atoms with Crippen LogP contribution < -0.4 is 5.32 Å². The second-order valence-corrected chi connectivity index (χ2v) is 12.4. The van der Waals surface area contributed by atoms with E-state index in [1.165, 1.54) is 5.56 Å². The quantitative estimate of drug-likeness (QED) is 0.279. The third-order valence-corrected chi connectivity index (χ3v) is 9.60. The Hall–Kier alpha value is -4.35. The number of benzene rings is 1. The van der Waals surface area contributed by atoms with Crippen LogP contribution in [0.3, 0.4) is 0 Å². The standard InChI is InChI=1S/C34H41N9O2/c1-22-31(41(4)39-38-22)26-20-28-30(36-21-26)27-10-11-29(35-14-15-42-17-16-40(3)34(44)23(42)2)37-33(27)43(28)32(24-8-6-5-7-9-24)25-12-18-45-19-13-25/h5-11,20-21,23,25,32H,12-19H2,1-4H3,(H,35,37). The van der Waals surface area contributed by atoms with Crippen LogP contribution in [0.5, 0.6) is 0 Å². The van der Waals surface area contributed by atoms with E-state index >= 15 is 0 Å². The molecule has 1 amide bonds. The summed E-state index contributed by atoms with van der Waals surface area (Å²) in [6.45, 7) is 8.56. The fourth-order valence-electron chi connectivity index (χ4n) is 7.15. The largest absolute Gasteiger partial charge is 0.381 e. The molecule has 0 radical (unpaired) electrons. The average Bonchev–Trinajstić information content (AvgIpc) is 3.57. The Morgan fingerprint density at radius 2 is 1.87 bits per heavy atom. The van der Waals surface area contributed by atoms with Gasteiger partial charge in [0.25, 0.3) is 0 Å². The van der Waals surface area contributed by atoms with Crippen LogP contribution in [0.15, 0.2) is 54.7 Å². The molecule has 6 heterocycles. The van der Waals surface area contributed by atoms with Gasteiger partial charge in [0.05, 0.1) is 34.5 Å². The molecule has 0 aliphatic carbocycles. The lowest BCUT2D eigenvalue weighted by molar-refractivity contribution is -0.139. The van der Waals surface area contributed by atoms with Crippen LogP contribution in [0.25, 0.3) is 33.3 Å². The lowest BCUT2D eigenvalue weighted by atomic mass is 9.86. The third-order valence-electron chi connectivity index (χ3n) is 9.60. The van der Waals surface area contributed by atoms with Crippen LogP contribution in [-0.2, 0) is 16.6 Å². The first kappa shape index (κ1) is 29.4. The second-order valence-electron chi connectivity index (χ2n) is 12.4. The molecular weight excluding hydrogens is 566 g/mol. The Kier molecular flexibility index (Phi) is 7.97. The Balaban J connectivity index is 1.33. The van der Waals surface area contributed by atoms with Crippen molar-refractivity contribution in [2.24, 2.45) is 13.0 Å². The number of anilines is 1. The summed E-state index contributed by atoms with van der Waals surface area (Å²) in [5.41, 5.74) is 6.92. The van der Waals surface area contributed by atoms with Crippen LogP contribution in [0.2, 0.25) is 0 Å². The molecule has 7 rings (SSSR count). The molecule has 2 saturated heterocycles. The van der Waals surface area contributed by atoms with E-state index in [-0.39, 0.29) is 18.0 Å². The van der Waals surface area contributed by atoms with Crippen LogP contribution in [0.1, 0.15) is 37.1 Å². The topological polar surface area (TPSA) is 106 Å². The molecule has 0 spiro atoms. The first-order valence-electron chi connectivity index (χ1n) is 15.9. The van der Waals surface area contributed by atoms with Gasteiger partial charge in [-0.1, -0.05) is 35.5 Å². The Morgan fingerprint density at radius 1 is 1.07 bits per heavy atom. The van der Waals surface area contributed by atoms with E-state index in [2.05, 4.69) is 67.6 Å². The fourth-order valence-corrected chi connectivity index (χ4v) is 7.15. The highest BCUT2D eigenvalue weighted by molar-refractivity contribution is 6.05. The molecule has 11 nitrogen and oxygen atoms in total. The number of likely N-dealkylation sites (N-methyl/N-ethyl adjacent to an activating group) is 1. The first-order valence-corrected chi connectivity index (χ1v) is 15.9. The number of ether oxygens (including phenoxy) is 1. The molecule has 5 aromatic rings. The van der Waals surface area contributed by atoms with Gasteiger partial charge in [-0.15, -0.1) is 5.10 Å². The van der Waals surface area contributed by atoms with Crippen molar-refractivity contribution in [3.63, 3.8) is 0 Å². The summed E-state index contributed by atoms with van der Waals surface area (Å²) in [5.74, 6) is 1.36. The summed E-state index contributed by atoms with van der Waals surface area (Å²) in [7, 11) is 3.80. The van der Waals surface area contributed by atoms with Crippen molar-refractivity contribution in [3.05, 3.63) is 66.0 Å². The molecule has 234 valence electrons. The normalized spacial score (nSPS) is 19.1. The number of aryl methyl sites for hydroxylation is 2. The maximum absolute atomic E-state index is 12.5. The molecule has 2 fully saturated rings. The number of hydrogen-bond acceptors (Lipinski definition) is 8. The number of carbonyl (C=O) groups excluding carboxylic acids is 1. The number of piperazine rings is 1. The summed E-state index contributed by atoms with van der Waals surface area (Å²) < 4.78 is 10.0. The minimum atomic E-state index is -0.117. The predicted octanol–water partition coefficient (Wildman–Crippen LogP) is 4.28.